The highest BCUT2D eigenvalue weighted by Crippen LogP contribution is 2.39. The number of aryl methyl sites for hydroxylation is 1. The van der Waals surface area contributed by atoms with Crippen LogP contribution in [-0.4, -0.2) is 17.9 Å². The summed E-state index contributed by atoms with van der Waals surface area (Å²) in [5.41, 5.74) is 0.682. The maximum absolute atomic E-state index is 11.2. The number of carbonyl (C=O) groups excluding carboxylic acids is 1. The van der Waals surface area contributed by atoms with E-state index in [-0.39, 0.29) is 5.91 Å². The monoisotopic (exact) mass is 180 g/mol. The molecule has 1 aliphatic rings. The van der Waals surface area contributed by atoms with Crippen molar-refractivity contribution in [1.82, 2.24) is 10.3 Å². The summed E-state index contributed by atoms with van der Waals surface area (Å²) in [4.78, 5) is 15.5. The Balaban J connectivity index is 2.29. The van der Waals surface area contributed by atoms with Crippen molar-refractivity contribution in [2.45, 2.75) is 25.7 Å². The van der Waals surface area contributed by atoms with Crippen molar-refractivity contribution in [2.75, 3.05) is 7.05 Å². The fourth-order valence-electron chi connectivity index (χ4n) is 1.25. The summed E-state index contributed by atoms with van der Waals surface area (Å²) < 4.78 is 5.37. The zero-order valence-corrected chi connectivity index (χ0v) is 7.76. The first kappa shape index (κ1) is 8.29. The van der Waals surface area contributed by atoms with E-state index in [1.807, 2.05) is 0 Å². The molecule has 70 valence electrons. The Bertz CT molecular complexity index is 339. The summed E-state index contributed by atoms with van der Waals surface area (Å²) in [7, 11) is 1.58. The summed E-state index contributed by atoms with van der Waals surface area (Å²) >= 11 is 0. The number of hydrogen-bond donors (Lipinski definition) is 1. The molecule has 0 aliphatic heterocycles. The molecule has 1 aliphatic carbocycles. The second-order valence-electron chi connectivity index (χ2n) is 3.32. The molecule has 1 N–H and O–H groups in total. The molecule has 0 saturated heterocycles. The third kappa shape index (κ3) is 1.43. The maximum atomic E-state index is 11.2. The molecule has 1 aromatic rings. The van der Waals surface area contributed by atoms with Gasteiger partial charge in [-0.25, -0.2) is 4.98 Å². The van der Waals surface area contributed by atoms with Crippen LogP contribution in [0.3, 0.4) is 0 Å². The number of oxazole rings is 1. The standard InChI is InChI=1S/C9H12N2O2/c1-5-7(8(12)10-2)13-9(11-5)6-3-4-6/h6H,3-4H2,1-2H3,(H,10,12). The van der Waals surface area contributed by atoms with E-state index in [0.717, 1.165) is 18.7 Å². The molecule has 1 fully saturated rings. The van der Waals surface area contributed by atoms with Crippen molar-refractivity contribution in [2.24, 2.45) is 0 Å². The van der Waals surface area contributed by atoms with Crippen LogP contribution in [0.25, 0.3) is 0 Å². The maximum Gasteiger partial charge on any atom is 0.288 e. The predicted molar refractivity (Wildman–Crippen MR) is 46.6 cm³/mol. The first-order valence-corrected chi connectivity index (χ1v) is 4.41. The minimum atomic E-state index is -0.197. The van der Waals surface area contributed by atoms with Crippen molar-refractivity contribution in [1.29, 1.82) is 0 Å². The summed E-state index contributed by atoms with van der Waals surface area (Å²) in [6.07, 6.45) is 2.26. The Labute approximate surface area is 76.3 Å². The van der Waals surface area contributed by atoms with E-state index >= 15 is 0 Å². The Morgan fingerprint density at radius 1 is 1.62 bits per heavy atom. The van der Waals surface area contributed by atoms with Gasteiger partial charge in [-0.1, -0.05) is 0 Å². The van der Waals surface area contributed by atoms with E-state index < -0.39 is 0 Å². The average Bonchev–Trinajstić information content (AvgIpc) is 2.89. The highest BCUT2D eigenvalue weighted by atomic mass is 16.4. The number of nitrogens with zero attached hydrogens (tertiary/aromatic N) is 1. The quantitative estimate of drug-likeness (QED) is 0.744. The Morgan fingerprint density at radius 2 is 2.31 bits per heavy atom. The molecule has 0 spiro atoms. The average molecular weight is 180 g/mol. The minimum Gasteiger partial charge on any atom is -0.435 e. The van der Waals surface area contributed by atoms with Crippen LogP contribution < -0.4 is 5.32 Å². The lowest BCUT2D eigenvalue weighted by molar-refractivity contribution is 0.0933. The fraction of sp³-hybridized carbons (Fsp3) is 0.556. The minimum absolute atomic E-state index is 0.197. The van der Waals surface area contributed by atoms with Crippen molar-refractivity contribution in [3.05, 3.63) is 17.3 Å². The third-order valence-electron chi connectivity index (χ3n) is 2.17. The highest BCUT2D eigenvalue weighted by molar-refractivity contribution is 5.92. The van der Waals surface area contributed by atoms with Gasteiger partial charge in [0, 0.05) is 13.0 Å². The molecule has 2 rings (SSSR count). The van der Waals surface area contributed by atoms with Crippen molar-refractivity contribution in [3.8, 4) is 0 Å². The first-order valence-electron chi connectivity index (χ1n) is 4.41. The lowest BCUT2D eigenvalue weighted by Crippen LogP contribution is -2.17. The molecule has 1 aromatic heterocycles. The van der Waals surface area contributed by atoms with Crippen LogP contribution in [0.15, 0.2) is 4.42 Å². The van der Waals surface area contributed by atoms with E-state index in [0.29, 0.717) is 17.4 Å². The summed E-state index contributed by atoms with van der Waals surface area (Å²) in [5.74, 6) is 1.33. The molecule has 4 nitrogen and oxygen atoms in total. The van der Waals surface area contributed by atoms with E-state index in [1.54, 1.807) is 14.0 Å². The van der Waals surface area contributed by atoms with Gasteiger partial charge in [0.05, 0.1) is 5.69 Å². The van der Waals surface area contributed by atoms with Crippen molar-refractivity contribution < 1.29 is 9.21 Å². The third-order valence-corrected chi connectivity index (χ3v) is 2.17. The number of carbonyl (C=O) groups is 1. The molecule has 1 saturated carbocycles. The largest absolute Gasteiger partial charge is 0.435 e. The molecular weight excluding hydrogens is 168 g/mol. The van der Waals surface area contributed by atoms with Crippen LogP contribution in [0.2, 0.25) is 0 Å². The smallest absolute Gasteiger partial charge is 0.288 e. The van der Waals surface area contributed by atoms with E-state index in [4.69, 9.17) is 4.42 Å². The van der Waals surface area contributed by atoms with Gasteiger partial charge in [0.2, 0.25) is 5.76 Å². The Kier molecular flexibility index (Phi) is 1.83. The van der Waals surface area contributed by atoms with Gasteiger partial charge in [0.1, 0.15) is 0 Å². The van der Waals surface area contributed by atoms with Gasteiger partial charge >= 0.3 is 0 Å². The van der Waals surface area contributed by atoms with E-state index in [2.05, 4.69) is 10.3 Å². The second-order valence-corrected chi connectivity index (χ2v) is 3.32. The van der Waals surface area contributed by atoms with Gasteiger partial charge in [0.25, 0.3) is 5.91 Å². The summed E-state index contributed by atoms with van der Waals surface area (Å²) in [5, 5.41) is 2.52. The van der Waals surface area contributed by atoms with Crippen LogP contribution >= 0.6 is 0 Å². The van der Waals surface area contributed by atoms with Crippen LogP contribution in [0.1, 0.15) is 40.9 Å². The summed E-state index contributed by atoms with van der Waals surface area (Å²) in [6, 6.07) is 0. The van der Waals surface area contributed by atoms with Gasteiger partial charge in [-0.05, 0) is 19.8 Å². The molecule has 0 atom stereocenters. The van der Waals surface area contributed by atoms with E-state index in [9.17, 15) is 4.79 Å². The number of aromatic nitrogens is 1. The zero-order valence-electron chi connectivity index (χ0n) is 7.76. The summed E-state index contributed by atoms with van der Waals surface area (Å²) in [6.45, 7) is 1.79. The van der Waals surface area contributed by atoms with E-state index in [1.165, 1.54) is 0 Å². The van der Waals surface area contributed by atoms with Crippen LogP contribution in [-0.2, 0) is 0 Å². The van der Waals surface area contributed by atoms with Gasteiger partial charge in [-0.15, -0.1) is 0 Å². The zero-order chi connectivity index (χ0) is 9.42. The van der Waals surface area contributed by atoms with Gasteiger partial charge in [-0.2, -0.15) is 0 Å². The number of amides is 1. The molecule has 1 heterocycles. The second kappa shape index (κ2) is 2.87. The fourth-order valence-corrected chi connectivity index (χ4v) is 1.25. The Morgan fingerprint density at radius 3 is 2.85 bits per heavy atom. The normalized spacial score (nSPS) is 15.8. The lowest BCUT2D eigenvalue weighted by atomic mass is 10.3. The Hall–Kier alpha value is -1.32. The van der Waals surface area contributed by atoms with Crippen LogP contribution in [0.4, 0.5) is 0 Å². The SMILES string of the molecule is CNC(=O)c1oc(C2CC2)nc1C. The van der Waals surface area contributed by atoms with Crippen LogP contribution in [0, 0.1) is 6.92 Å². The molecule has 0 aromatic carbocycles. The number of hydrogen-bond acceptors (Lipinski definition) is 3. The molecule has 0 unspecified atom stereocenters. The molecule has 0 bridgehead atoms. The number of nitrogens with one attached hydrogen (secondary N) is 1. The van der Waals surface area contributed by atoms with Gasteiger partial charge in [-0.3, -0.25) is 4.79 Å². The highest BCUT2D eigenvalue weighted by Gasteiger charge is 2.30. The predicted octanol–water partition coefficient (Wildman–Crippen LogP) is 1.22. The number of rotatable bonds is 2. The molecule has 0 radical (unpaired) electrons. The topological polar surface area (TPSA) is 55.1 Å². The van der Waals surface area contributed by atoms with Gasteiger partial charge in [0.15, 0.2) is 5.89 Å². The molecule has 4 heteroatoms. The van der Waals surface area contributed by atoms with Crippen molar-refractivity contribution >= 4 is 5.91 Å². The lowest BCUT2D eigenvalue weighted by Gasteiger charge is -1.93. The molecular formula is C9H12N2O2. The van der Waals surface area contributed by atoms with Crippen LogP contribution in [0.5, 0.6) is 0 Å². The molecule has 13 heavy (non-hydrogen) atoms. The molecule has 1 amide bonds. The first-order chi connectivity index (χ1) is 6.22. The van der Waals surface area contributed by atoms with Gasteiger partial charge < -0.3 is 9.73 Å². The van der Waals surface area contributed by atoms with Crippen molar-refractivity contribution in [3.63, 3.8) is 0 Å².